The Morgan fingerprint density at radius 1 is 0.913 bits per heavy atom. The summed E-state index contributed by atoms with van der Waals surface area (Å²) in [6.07, 6.45) is 5.07. The van der Waals surface area contributed by atoms with E-state index < -0.39 is 0 Å². The molecule has 4 aromatic carbocycles. The monoisotopic (exact) mass is 614 g/mol. The minimum absolute atomic E-state index is 0.00571. The van der Waals surface area contributed by atoms with Crippen molar-refractivity contribution in [2.24, 2.45) is 0 Å². The first-order valence-electron chi connectivity index (χ1n) is 15.6. The first-order valence-corrected chi connectivity index (χ1v) is 15.6. The highest BCUT2D eigenvalue weighted by Crippen LogP contribution is 2.35. The van der Waals surface area contributed by atoms with Crippen LogP contribution in [0.1, 0.15) is 52.1 Å². The molecule has 1 aromatic heterocycles. The number of nitrogens with one attached hydrogen (secondary N) is 2. The molecule has 1 aliphatic rings. The van der Waals surface area contributed by atoms with Crippen molar-refractivity contribution in [3.63, 3.8) is 0 Å². The van der Waals surface area contributed by atoms with Crippen LogP contribution in [0.4, 0.5) is 0 Å². The highest BCUT2D eigenvalue weighted by Gasteiger charge is 2.27. The Bertz CT molecular complexity index is 1750. The molecule has 8 heteroatoms. The predicted molar refractivity (Wildman–Crippen MR) is 177 cm³/mol. The third-order valence-corrected chi connectivity index (χ3v) is 8.21. The van der Waals surface area contributed by atoms with E-state index in [4.69, 9.17) is 9.47 Å². The van der Waals surface area contributed by atoms with E-state index >= 15 is 0 Å². The average molecular weight is 615 g/mol. The zero-order chi connectivity index (χ0) is 31.7. The van der Waals surface area contributed by atoms with Crippen LogP contribution in [0.5, 0.6) is 5.75 Å². The van der Waals surface area contributed by atoms with E-state index in [2.05, 4.69) is 68.7 Å². The molecule has 1 aliphatic heterocycles. The van der Waals surface area contributed by atoms with E-state index in [0.29, 0.717) is 30.9 Å². The summed E-state index contributed by atoms with van der Waals surface area (Å²) in [5.74, 6) is -0.0624. The number of hydrogen-bond acceptors (Lipinski definition) is 6. The molecule has 0 aliphatic carbocycles. The van der Waals surface area contributed by atoms with Crippen LogP contribution in [0, 0.1) is 0 Å². The fraction of sp³-hybridized carbons (Fsp3) is 0.237. The first kappa shape index (κ1) is 30.8. The van der Waals surface area contributed by atoms with Crippen molar-refractivity contribution >= 4 is 11.9 Å². The minimum Gasteiger partial charge on any atom is -0.492 e. The maximum Gasteiger partial charge on any atom is 0.302 e. The fourth-order valence-electron chi connectivity index (χ4n) is 5.84. The van der Waals surface area contributed by atoms with Crippen LogP contribution in [-0.4, -0.2) is 40.7 Å². The summed E-state index contributed by atoms with van der Waals surface area (Å²) in [4.78, 5) is 29.5. The van der Waals surface area contributed by atoms with Gasteiger partial charge in [-0.1, -0.05) is 97.1 Å². The number of nitrogens with zero attached hydrogens (tertiary/aromatic N) is 2. The van der Waals surface area contributed by atoms with Crippen LogP contribution in [0.25, 0.3) is 11.1 Å². The van der Waals surface area contributed by atoms with Gasteiger partial charge in [0.05, 0.1) is 30.2 Å². The lowest BCUT2D eigenvalue weighted by Crippen LogP contribution is -2.40. The molecule has 2 N–H and O–H groups in total. The van der Waals surface area contributed by atoms with Gasteiger partial charge in [-0.05, 0) is 34.7 Å². The predicted octanol–water partition coefficient (Wildman–Crippen LogP) is 6.12. The lowest BCUT2D eigenvalue weighted by Gasteiger charge is -2.29. The topological polar surface area (TPSA) is 94.5 Å². The summed E-state index contributed by atoms with van der Waals surface area (Å²) in [6.45, 7) is 3.28. The van der Waals surface area contributed by atoms with Crippen LogP contribution < -0.4 is 15.4 Å². The molecule has 2 unspecified atom stereocenters. The van der Waals surface area contributed by atoms with Gasteiger partial charge in [-0.2, -0.15) is 0 Å². The molecule has 0 fully saturated rings. The number of para-hydroxylation sites is 1. The number of amides is 1. The maximum absolute atomic E-state index is 13.6. The molecule has 0 spiro atoms. The highest BCUT2D eigenvalue weighted by atomic mass is 16.5. The zero-order valence-corrected chi connectivity index (χ0v) is 25.9. The Kier molecular flexibility index (Phi) is 9.85. The number of ether oxygens (including phenoxy) is 2. The van der Waals surface area contributed by atoms with Gasteiger partial charge >= 0.3 is 5.97 Å². The smallest absolute Gasteiger partial charge is 0.302 e. The molecule has 0 saturated heterocycles. The standard InChI is InChI=1S/C38H38N4O4/c1-27(43)46-25-32(21-28-9-4-2-5-10-28)41-38(44)35-14-8-13-34-36(19-20-45-37(34)35)40-23-33-22-39-26-42(33)24-29-15-17-31(18-16-29)30-11-6-3-7-12-30/h2-18,22,26,32,36,40H,19-21,23-25H2,1H3,(H,41,44). The Morgan fingerprint density at radius 2 is 1.65 bits per heavy atom. The second-order valence-electron chi connectivity index (χ2n) is 11.5. The normalized spacial score (nSPS) is 14.5. The second kappa shape index (κ2) is 14.7. The Labute approximate surface area is 269 Å². The van der Waals surface area contributed by atoms with Crippen molar-refractivity contribution in [3.8, 4) is 16.9 Å². The summed E-state index contributed by atoms with van der Waals surface area (Å²) < 4.78 is 13.5. The molecule has 234 valence electrons. The van der Waals surface area contributed by atoms with Gasteiger partial charge in [0.25, 0.3) is 5.91 Å². The molecule has 8 nitrogen and oxygen atoms in total. The maximum atomic E-state index is 13.6. The number of aromatic nitrogens is 2. The van der Waals surface area contributed by atoms with Crippen molar-refractivity contribution in [2.45, 2.75) is 44.9 Å². The number of carbonyl (C=O) groups excluding carboxylic acids is 2. The van der Waals surface area contributed by atoms with Crippen LogP contribution in [0.15, 0.2) is 116 Å². The molecule has 46 heavy (non-hydrogen) atoms. The number of carbonyl (C=O) groups is 2. The van der Waals surface area contributed by atoms with Gasteiger partial charge in [0.2, 0.25) is 0 Å². The molecule has 5 aromatic rings. The third-order valence-electron chi connectivity index (χ3n) is 8.21. The van der Waals surface area contributed by atoms with Crippen LogP contribution in [-0.2, 0) is 29.0 Å². The number of imidazole rings is 1. The number of rotatable bonds is 12. The highest BCUT2D eigenvalue weighted by molar-refractivity contribution is 5.97. The van der Waals surface area contributed by atoms with Gasteiger partial charge in [-0.25, -0.2) is 4.98 Å². The van der Waals surface area contributed by atoms with Gasteiger partial charge in [-0.3, -0.25) is 9.59 Å². The summed E-state index contributed by atoms with van der Waals surface area (Å²) in [6, 6.07) is 34.1. The number of fused-ring (bicyclic) bond motifs is 1. The third kappa shape index (κ3) is 7.71. The first-order chi connectivity index (χ1) is 22.5. The van der Waals surface area contributed by atoms with E-state index in [1.165, 1.54) is 23.6 Å². The van der Waals surface area contributed by atoms with E-state index in [-0.39, 0.29) is 30.6 Å². The summed E-state index contributed by atoms with van der Waals surface area (Å²) in [7, 11) is 0. The molecular weight excluding hydrogens is 576 g/mol. The number of esters is 1. The quantitative estimate of drug-likeness (QED) is 0.165. The Hall–Kier alpha value is -5.21. The van der Waals surface area contributed by atoms with Crippen molar-refractivity contribution in [2.75, 3.05) is 13.2 Å². The summed E-state index contributed by atoms with van der Waals surface area (Å²) >= 11 is 0. The summed E-state index contributed by atoms with van der Waals surface area (Å²) in [5, 5.41) is 6.75. The van der Waals surface area contributed by atoms with E-state index in [9.17, 15) is 9.59 Å². The van der Waals surface area contributed by atoms with Gasteiger partial charge in [0, 0.05) is 44.2 Å². The van der Waals surface area contributed by atoms with Crippen LogP contribution >= 0.6 is 0 Å². The molecule has 2 heterocycles. The lowest BCUT2D eigenvalue weighted by molar-refractivity contribution is -0.141. The van der Waals surface area contributed by atoms with Crippen molar-refractivity contribution < 1.29 is 19.1 Å². The van der Waals surface area contributed by atoms with Crippen molar-refractivity contribution in [3.05, 3.63) is 144 Å². The van der Waals surface area contributed by atoms with E-state index in [1.54, 1.807) is 6.07 Å². The van der Waals surface area contributed by atoms with Crippen LogP contribution in [0.2, 0.25) is 0 Å². The number of benzene rings is 4. The molecule has 1 amide bonds. The molecule has 6 rings (SSSR count). The van der Waals surface area contributed by atoms with Gasteiger partial charge < -0.3 is 24.7 Å². The second-order valence-corrected chi connectivity index (χ2v) is 11.5. The van der Waals surface area contributed by atoms with E-state index in [1.807, 2.05) is 61.1 Å². The molecule has 0 radical (unpaired) electrons. The summed E-state index contributed by atoms with van der Waals surface area (Å²) in [5.41, 5.74) is 7.12. The Morgan fingerprint density at radius 3 is 2.41 bits per heavy atom. The van der Waals surface area contributed by atoms with Gasteiger partial charge in [-0.15, -0.1) is 0 Å². The van der Waals surface area contributed by atoms with Gasteiger partial charge in [0.15, 0.2) is 0 Å². The SMILES string of the molecule is CC(=O)OCC(Cc1ccccc1)NC(=O)c1cccc2c1OCCC2NCc1cncn1Cc1ccc(-c2ccccc2)cc1. The lowest BCUT2D eigenvalue weighted by atomic mass is 9.96. The van der Waals surface area contributed by atoms with E-state index in [0.717, 1.165) is 29.8 Å². The van der Waals surface area contributed by atoms with Crippen molar-refractivity contribution in [1.29, 1.82) is 0 Å². The average Bonchev–Trinajstić information content (AvgIpc) is 3.53. The largest absolute Gasteiger partial charge is 0.492 e. The number of hydrogen-bond donors (Lipinski definition) is 2. The molecule has 0 saturated carbocycles. The molecule has 0 bridgehead atoms. The van der Waals surface area contributed by atoms with Crippen LogP contribution in [0.3, 0.4) is 0 Å². The molecule has 2 atom stereocenters. The van der Waals surface area contributed by atoms with Crippen molar-refractivity contribution in [1.82, 2.24) is 20.2 Å². The minimum atomic E-state index is -0.387. The molecular formula is C38H38N4O4. The van der Waals surface area contributed by atoms with Gasteiger partial charge in [0.1, 0.15) is 12.4 Å². The Balaban J connectivity index is 1.11. The zero-order valence-electron chi connectivity index (χ0n) is 25.9. The fourth-order valence-corrected chi connectivity index (χ4v) is 5.84.